The van der Waals surface area contributed by atoms with Crippen LogP contribution in [0.2, 0.25) is 0 Å². The van der Waals surface area contributed by atoms with Gasteiger partial charge in [0.15, 0.2) is 0 Å². The lowest BCUT2D eigenvalue weighted by molar-refractivity contribution is 0.0925. The number of aromatic nitrogens is 2. The van der Waals surface area contributed by atoms with Crippen LogP contribution in [-0.4, -0.2) is 27.5 Å². The van der Waals surface area contributed by atoms with Crippen molar-refractivity contribution in [2.45, 2.75) is 26.3 Å². The molecule has 8 nitrogen and oxygen atoms in total. The molecule has 0 aliphatic carbocycles. The van der Waals surface area contributed by atoms with Gasteiger partial charge in [-0.1, -0.05) is 31.5 Å². The summed E-state index contributed by atoms with van der Waals surface area (Å²) in [4.78, 5) is 51.0. The molecule has 1 aliphatic heterocycles. The second-order valence-electron chi connectivity index (χ2n) is 7.13. The van der Waals surface area contributed by atoms with Gasteiger partial charge >= 0.3 is 0 Å². The van der Waals surface area contributed by atoms with E-state index in [1.807, 2.05) is 6.92 Å². The maximum Gasteiger partial charge on any atom is 0.276 e. The highest BCUT2D eigenvalue weighted by Crippen LogP contribution is 2.29. The van der Waals surface area contributed by atoms with Gasteiger partial charge in [-0.3, -0.25) is 19.2 Å². The minimum absolute atomic E-state index is 0.0989. The fraction of sp³-hybridized carbons (Fsp3) is 0.174. The Bertz CT molecular complexity index is 1210. The van der Waals surface area contributed by atoms with Crippen molar-refractivity contribution in [2.75, 3.05) is 10.2 Å². The summed E-state index contributed by atoms with van der Waals surface area (Å²) in [6.45, 7) is 2.44. The number of anilines is 2. The number of carbonyl (C=O) groups is 3. The third kappa shape index (κ3) is 3.87. The summed E-state index contributed by atoms with van der Waals surface area (Å²) in [5.41, 5.74) is 1.28. The molecule has 0 spiro atoms. The zero-order valence-electron chi connectivity index (χ0n) is 16.9. The highest BCUT2D eigenvalue weighted by atomic mass is 16.2. The van der Waals surface area contributed by atoms with Gasteiger partial charge in [0.1, 0.15) is 5.69 Å². The van der Waals surface area contributed by atoms with E-state index in [4.69, 9.17) is 0 Å². The smallest absolute Gasteiger partial charge is 0.276 e. The Labute approximate surface area is 178 Å². The zero-order chi connectivity index (χ0) is 22.0. The first-order valence-corrected chi connectivity index (χ1v) is 9.97. The van der Waals surface area contributed by atoms with E-state index >= 15 is 0 Å². The van der Waals surface area contributed by atoms with Crippen LogP contribution in [0.3, 0.4) is 0 Å². The van der Waals surface area contributed by atoms with Gasteiger partial charge in [-0.15, -0.1) is 0 Å². The molecule has 0 saturated carbocycles. The van der Waals surface area contributed by atoms with Crippen molar-refractivity contribution in [3.8, 4) is 0 Å². The minimum atomic E-state index is -0.496. The van der Waals surface area contributed by atoms with Gasteiger partial charge < -0.3 is 5.32 Å². The van der Waals surface area contributed by atoms with Crippen molar-refractivity contribution in [1.29, 1.82) is 0 Å². The summed E-state index contributed by atoms with van der Waals surface area (Å²) in [6, 6.07) is 15.8. The molecule has 1 aromatic heterocycles. The Morgan fingerprint density at radius 2 is 1.65 bits per heavy atom. The van der Waals surface area contributed by atoms with E-state index in [0.29, 0.717) is 29.0 Å². The van der Waals surface area contributed by atoms with E-state index in [1.165, 1.54) is 16.8 Å². The van der Waals surface area contributed by atoms with E-state index in [2.05, 4.69) is 10.4 Å². The van der Waals surface area contributed by atoms with Crippen LogP contribution >= 0.6 is 0 Å². The SMILES string of the molecule is CCCCn1nc(C(=O)Nc2cccc(N3C(=O)c4ccccc4C3=O)c2)ccc1=O. The fourth-order valence-corrected chi connectivity index (χ4v) is 3.38. The van der Waals surface area contributed by atoms with Crippen molar-refractivity contribution in [3.05, 3.63) is 87.8 Å². The summed E-state index contributed by atoms with van der Waals surface area (Å²) in [5.74, 6) is -1.31. The van der Waals surface area contributed by atoms with Gasteiger partial charge in [0, 0.05) is 18.3 Å². The number of amides is 3. The Morgan fingerprint density at radius 1 is 0.935 bits per heavy atom. The summed E-state index contributed by atoms with van der Waals surface area (Å²) in [5, 5.41) is 6.84. The Kier molecular flexibility index (Phi) is 5.44. The lowest BCUT2D eigenvalue weighted by atomic mass is 10.1. The fourth-order valence-electron chi connectivity index (χ4n) is 3.38. The summed E-state index contributed by atoms with van der Waals surface area (Å²) < 4.78 is 1.27. The van der Waals surface area contributed by atoms with Crippen LogP contribution in [0, 0.1) is 0 Å². The number of fused-ring (bicyclic) bond motifs is 1. The molecule has 0 atom stereocenters. The number of nitrogens with one attached hydrogen (secondary N) is 1. The predicted molar refractivity (Wildman–Crippen MR) is 115 cm³/mol. The van der Waals surface area contributed by atoms with Crippen molar-refractivity contribution < 1.29 is 14.4 Å². The molecule has 2 aromatic carbocycles. The van der Waals surface area contributed by atoms with Crippen LogP contribution in [-0.2, 0) is 6.54 Å². The van der Waals surface area contributed by atoms with Gasteiger partial charge in [0.05, 0.1) is 16.8 Å². The topological polar surface area (TPSA) is 101 Å². The molecule has 1 aliphatic rings. The van der Waals surface area contributed by atoms with E-state index in [-0.39, 0.29) is 11.3 Å². The van der Waals surface area contributed by atoms with Crippen LogP contribution in [0.25, 0.3) is 0 Å². The average Bonchev–Trinajstić information content (AvgIpc) is 3.03. The first-order chi connectivity index (χ1) is 15.0. The number of aryl methyl sites for hydroxylation is 1. The lowest BCUT2D eigenvalue weighted by Crippen LogP contribution is -2.29. The molecule has 31 heavy (non-hydrogen) atoms. The van der Waals surface area contributed by atoms with E-state index in [9.17, 15) is 19.2 Å². The van der Waals surface area contributed by atoms with Gasteiger partial charge in [-0.05, 0) is 42.8 Å². The molecule has 156 valence electrons. The Morgan fingerprint density at radius 3 is 2.32 bits per heavy atom. The Hall–Kier alpha value is -4.07. The first-order valence-electron chi connectivity index (χ1n) is 9.97. The van der Waals surface area contributed by atoms with E-state index in [1.54, 1.807) is 48.5 Å². The second kappa shape index (κ2) is 8.35. The number of imide groups is 1. The normalized spacial score (nSPS) is 12.7. The quantitative estimate of drug-likeness (QED) is 0.622. The molecule has 0 radical (unpaired) electrons. The third-order valence-electron chi connectivity index (χ3n) is 4.98. The molecule has 8 heteroatoms. The zero-order valence-corrected chi connectivity index (χ0v) is 16.9. The minimum Gasteiger partial charge on any atom is -0.321 e. The van der Waals surface area contributed by atoms with Crippen LogP contribution in [0.5, 0.6) is 0 Å². The highest BCUT2D eigenvalue weighted by Gasteiger charge is 2.36. The molecule has 4 rings (SSSR count). The van der Waals surface area contributed by atoms with Crippen molar-refractivity contribution in [3.63, 3.8) is 0 Å². The van der Waals surface area contributed by atoms with Crippen molar-refractivity contribution in [1.82, 2.24) is 9.78 Å². The number of carbonyl (C=O) groups excluding carboxylic acids is 3. The molecular weight excluding hydrogens is 396 g/mol. The molecule has 3 amide bonds. The maximum absolute atomic E-state index is 12.7. The number of unbranched alkanes of at least 4 members (excludes halogenated alkanes) is 1. The van der Waals surface area contributed by atoms with Crippen molar-refractivity contribution in [2.24, 2.45) is 0 Å². The van der Waals surface area contributed by atoms with Crippen molar-refractivity contribution >= 4 is 29.1 Å². The highest BCUT2D eigenvalue weighted by molar-refractivity contribution is 6.34. The molecule has 0 unspecified atom stereocenters. The molecule has 0 saturated heterocycles. The third-order valence-corrected chi connectivity index (χ3v) is 4.98. The van der Waals surface area contributed by atoms with Crippen LogP contribution < -0.4 is 15.8 Å². The second-order valence-corrected chi connectivity index (χ2v) is 7.13. The molecule has 3 aromatic rings. The number of hydrogen-bond acceptors (Lipinski definition) is 5. The maximum atomic E-state index is 12.7. The van der Waals surface area contributed by atoms with Crippen LogP contribution in [0.1, 0.15) is 51.0 Å². The number of nitrogens with zero attached hydrogens (tertiary/aromatic N) is 3. The molecule has 0 bridgehead atoms. The largest absolute Gasteiger partial charge is 0.321 e. The summed E-state index contributed by atoms with van der Waals surface area (Å²) in [6.07, 6.45) is 1.68. The molecule has 1 N–H and O–H groups in total. The van der Waals surface area contributed by atoms with Crippen LogP contribution in [0.4, 0.5) is 11.4 Å². The number of rotatable bonds is 6. The van der Waals surface area contributed by atoms with Gasteiger partial charge in [0.2, 0.25) is 0 Å². The summed E-state index contributed by atoms with van der Waals surface area (Å²) in [7, 11) is 0. The lowest BCUT2D eigenvalue weighted by Gasteiger charge is -2.15. The number of hydrogen-bond donors (Lipinski definition) is 1. The average molecular weight is 416 g/mol. The predicted octanol–water partition coefficient (Wildman–Crippen LogP) is 3.10. The summed E-state index contributed by atoms with van der Waals surface area (Å²) >= 11 is 0. The van der Waals surface area contributed by atoms with E-state index < -0.39 is 17.7 Å². The van der Waals surface area contributed by atoms with E-state index in [0.717, 1.165) is 17.7 Å². The molecule has 2 heterocycles. The van der Waals surface area contributed by atoms with Gasteiger partial charge in [0.25, 0.3) is 23.3 Å². The standard InChI is InChI=1S/C23H20N4O4/c1-2-3-13-26-20(28)12-11-19(25-26)21(29)24-15-7-6-8-16(14-15)27-22(30)17-9-4-5-10-18(17)23(27)31/h4-12,14H,2-3,13H2,1H3,(H,24,29). The number of benzene rings is 2. The Balaban J connectivity index is 1.56. The van der Waals surface area contributed by atoms with Gasteiger partial charge in [-0.2, -0.15) is 5.10 Å². The molecule has 0 fully saturated rings. The van der Waals surface area contributed by atoms with Gasteiger partial charge in [-0.25, -0.2) is 9.58 Å². The van der Waals surface area contributed by atoms with Crippen LogP contribution in [0.15, 0.2) is 65.5 Å². The molecular formula is C23H20N4O4. The first kappa shape index (κ1) is 20.2. The monoisotopic (exact) mass is 416 g/mol.